The fraction of sp³-hybridized carbons (Fsp3) is 0.611. The van der Waals surface area contributed by atoms with Crippen molar-refractivity contribution in [1.29, 1.82) is 0 Å². The number of guanidine groups is 1. The number of benzene rings is 1. The Balaban J connectivity index is 2.12. The van der Waals surface area contributed by atoms with Gasteiger partial charge in [0.05, 0.1) is 6.04 Å². The van der Waals surface area contributed by atoms with Gasteiger partial charge in [-0.3, -0.25) is 0 Å². The van der Waals surface area contributed by atoms with Gasteiger partial charge in [0.1, 0.15) is 0 Å². The molecule has 1 saturated heterocycles. The van der Waals surface area contributed by atoms with Crippen molar-refractivity contribution in [2.45, 2.75) is 51.6 Å². The molecular weight excluding hydrogens is 274 g/mol. The molecule has 1 aromatic rings. The van der Waals surface area contributed by atoms with Gasteiger partial charge in [0, 0.05) is 18.8 Å². The summed E-state index contributed by atoms with van der Waals surface area (Å²) >= 11 is 0. The van der Waals surface area contributed by atoms with Gasteiger partial charge in [-0.15, -0.1) is 0 Å². The normalized spacial score (nSPS) is 19.0. The highest BCUT2D eigenvalue weighted by Crippen LogP contribution is 2.30. The molecule has 1 fully saturated rings. The number of ether oxygens (including phenoxy) is 1. The molecule has 0 radical (unpaired) electrons. The Hall–Kier alpha value is -1.55. The molecule has 122 valence electrons. The maximum atomic E-state index is 6.12. The Labute approximate surface area is 134 Å². The van der Waals surface area contributed by atoms with Gasteiger partial charge in [-0.05, 0) is 51.5 Å². The first kappa shape index (κ1) is 16.8. The van der Waals surface area contributed by atoms with Crippen molar-refractivity contribution in [2.75, 3.05) is 13.2 Å². The van der Waals surface area contributed by atoms with Crippen molar-refractivity contribution in [1.82, 2.24) is 5.32 Å². The van der Waals surface area contributed by atoms with E-state index in [9.17, 15) is 0 Å². The lowest BCUT2D eigenvalue weighted by Gasteiger charge is -2.26. The van der Waals surface area contributed by atoms with Crippen LogP contribution in [-0.4, -0.2) is 24.7 Å². The Kier molecular flexibility index (Phi) is 5.83. The molecule has 0 saturated carbocycles. The molecule has 4 nitrogen and oxygen atoms in total. The Morgan fingerprint density at radius 2 is 1.91 bits per heavy atom. The van der Waals surface area contributed by atoms with E-state index in [1.165, 1.54) is 5.56 Å². The van der Waals surface area contributed by atoms with Gasteiger partial charge in [-0.2, -0.15) is 0 Å². The highest BCUT2D eigenvalue weighted by molar-refractivity contribution is 5.78. The summed E-state index contributed by atoms with van der Waals surface area (Å²) in [5, 5.41) is 3.26. The minimum absolute atomic E-state index is 0.0759. The number of nitrogens with zero attached hydrogens (tertiary/aromatic N) is 1. The van der Waals surface area contributed by atoms with Crippen LogP contribution >= 0.6 is 0 Å². The summed E-state index contributed by atoms with van der Waals surface area (Å²) in [5.74, 6) is 1.18. The number of nitrogens with two attached hydrogens (primary N) is 1. The second kappa shape index (κ2) is 7.63. The average molecular weight is 303 g/mol. The number of nitrogens with one attached hydrogen (secondary N) is 1. The third kappa shape index (κ3) is 5.68. The molecule has 1 heterocycles. The summed E-state index contributed by atoms with van der Waals surface area (Å²) in [6.07, 6.45) is 3.26. The predicted molar refractivity (Wildman–Crippen MR) is 91.9 cm³/mol. The molecule has 4 heteroatoms. The standard InChI is InChI=1S/C18H29N3O/c1-18(2,3)21-17(19)20-16(15-7-5-4-6-8-15)13-14-9-11-22-12-10-14/h4-8,14,16H,9-13H2,1-3H3,(H3,19,20,21). The fourth-order valence-corrected chi connectivity index (χ4v) is 2.82. The molecule has 0 bridgehead atoms. The maximum absolute atomic E-state index is 6.12. The molecule has 1 aliphatic rings. The maximum Gasteiger partial charge on any atom is 0.189 e. The zero-order valence-corrected chi connectivity index (χ0v) is 14.0. The van der Waals surface area contributed by atoms with E-state index >= 15 is 0 Å². The van der Waals surface area contributed by atoms with Crippen molar-refractivity contribution in [3.8, 4) is 0 Å². The van der Waals surface area contributed by atoms with E-state index in [1.54, 1.807) is 0 Å². The van der Waals surface area contributed by atoms with Crippen molar-refractivity contribution in [2.24, 2.45) is 16.6 Å². The molecule has 1 aromatic carbocycles. The molecule has 0 aliphatic carbocycles. The van der Waals surface area contributed by atoms with Crippen LogP contribution in [0.5, 0.6) is 0 Å². The molecule has 0 aromatic heterocycles. The van der Waals surface area contributed by atoms with Crippen LogP contribution in [0.3, 0.4) is 0 Å². The van der Waals surface area contributed by atoms with E-state index in [0.717, 1.165) is 32.5 Å². The molecular formula is C18H29N3O. The molecule has 1 aliphatic heterocycles. The summed E-state index contributed by atoms with van der Waals surface area (Å²) in [7, 11) is 0. The highest BCUT2D eigenvalue weighted by atomic mass is 16.5. The topological polar surface area (TPSA) is 59.6 Å². The van der Waals surface area contributed by atoms with Crippen molar-refractivity contribution in [3.63, 3.8) is 0 Å². The Bertz CT molecular complexity index is 473. The third-order valence-electron chi connectivity index (χ3n) is 3.88. The quantitative estimate of drug-likeness (QED) is 0.663. The third-order valence-corrected chi connectivity index (χ3v) is 3.88. The summed E-state index contributed by atoms with van der Waals surface area (Å²) in [6, 6.07) is 10.6. The predicted octanol–water partition coefficient (Wildman–Crippen LogP) is 3.25. The van der Waals surface area contributed by atoms with E-state index in [-0.39, 0.29) is 11.6 Å². The van der Waals surface area contributed by atoms with E-state index in [2.05, 4.69) is 50.4 Å². The van der Waals surface area contributed by atoms with Crippen molar-refractivity contribution >= 4 is 5.96 Å². The van der Waals surface area contributed by atoms with Crippen LogP contribution in [0.2, 0.25) is 0 Å². The second-order valence-electron chi connectivity index (χ2n) is 7.11. The van der Waals surface area contributed by atoms with Gasteiger partial charge in [-0.1, -0.05) is 30.3 Å². The van der Waals surface area contributed by atoms with Crippen molar-refractivity contribution < 1.29 is 4.74 Å². The summed E-state index contributed by atoms with van der Waals surface area (Å²) in [4.78, 5) is 4.77. The molecule has 1 unspecified atom stereocenters. The molecule has 0 spiro atoms. The molecule has 3 N–H and O–H groups in total. The van der Waals surface area contributed by atoms with Crippen molar-refractivity contribution in [3.05, 3.63) is 35.9 Å². The summed E-state index contributed by atoms with van der Waals surface area (Å²) in [5.41, 5.74) is 7.27. The summed E-state index contributed by atoms with van der Waals surface area (Å²) < 4.78 is 5.46. The first-order chi connectivity index (χ1) is 10.4. The van der Waals surface area contributed by atoms with Crippen LogP contribution in [0, 0.1) is 5.92 Å². The summed E-state index contributed by atoms with van der Waals surface area (Å²) in [6.45, 7) is 8.00. The lowest BCUT2D eigenvalue weighted by molar-refractivity contribution is 0.0619. The first-order valence-electron chi connectivity index (χ1n) is 8.18. The highest BCUT2D eigenvalue weighted by Gasteiger charge is 2.21. The number of hydrogen-bond acceptors (Lipinski definition) is 2. The second-order valence-corrected chi connectivity index (χ2v) is 7.11. The molecule has 0 amide bonds. The average Bonchev–Trinajstić information content (AvgIpc) is 2.47. The van der Waals surface area contributed by atoms with Gasteiger partial charge >= 0.3 is 0 Å². The number of aliphatic imine (C=N–C) groups is 1. The van der Waals surface area contributed by atoms with E-state index in [1.807, 2.05) is 6.07 Å². The van der Waals surface area contributed by atoms with E-state index in [4.69, 9.17) is 15.5 Å². The van der Waals surface area contributed by atoms with E-state index in [0.29, 0.717) is 11.9 Å². The smallest absolute Gasteiger partial charge is 0.189 e. The zero-order valence-electron chi connectivity index (χ0n) is 14.0. The number of hydrogen-bond donors (Lipinski definition) is 2. The fourth-order valence-electron chi connectivity index (χ4n) is 2.82. The van der Waals surface area contributed by atoms with Gasteiger partial charge in [0.25, 0.3) is 0 Å². The van der Waals surface area contributed by atoms with Crippen LogP contribution in [0.15, 0.2) is 35.3 Å². The van der Waals surface area contributed by atoms with Crippen LogP contribution in [0.25, 0.3) is 0 Å². The minimum Gasteiger partial charge on any atom is -0.381 e. The van der Waals surface area contributed by atoms with Gasteiger partial charge in [0.15, 0.2) is 5.96 Å². The van der Waals surface area contributed by atoms with E-state index < -0.39 is 0 Å². The van der Waals surface area contributed by atoms with Crippen LogP contribution in [0.4, 0.5) is 0 Å². The monoisotopic (exact) mass is 303 g/mol. The number of rotatable bonds is 4. The van der Waals surface area contributed by atoms with Crippen LogP contribution in [0.1, 0.15) is 51.6 Å². The lowest BCUT2D eigenvalue weighted by Crippen LogP contribution is -2.45. The Morgan fingerprint density at radius 1 is 1.27 bits per heavy atom. The SMILES string of the molecule is CC(C)(C)NC(N)=NC(CC1CCOCC1)c1ccccc1. The largest absolute Gasteiger partial charge is 0.381 e. The minimum atomic E-state index is -0.0759. The Morgan fingerprint density at radius 3 is 2.50 bits per heavy atom. The zero-order chi connectivity index (χ0) is 16.0. The molecule has 1 atom stereocenters. The molecule has 22 heavy (non-hydrogen) atoms. The van der Waals surface area contributed by atoms with Gasteiger partial charge in [-0.25, -0.2) is 4.99 Å². The molecule has 2 rings (SSSR count). The van der Waals surface area contributed by atoms with Crippen LogP contribution in [-0.2, 0) is 4.74 Å². The van der Waals surface area contributed by atoms with Gasteiger partial charge in [0.2, 0.25) is 0 Å². The van der Waals surface area contributed by atoms with Gasteiger partial charge < -0.3 is 15.8 Å². The lowest BCUT2D eigenvalue weighted by atomic mass is 9.90. The van der Waals surface area contributed by atoms with Crippen LogP contribution < -0.4 is 11.1 Å². The first-order valence-corrected chi connectivity index (χ1v) is 8.18.